The van der Waals surface area contributed by atoms with E-state index in [1.54, 1.807) is 60.7 Å². The van der Waals surface area contributed by atoms with E-state index in [2.05, 4.69) is 47.5 Å². The van der Waals surface area contributed by atoms with Gasteiger partial charge < -0.3 is 92.5 Å². The Hall–Kier alpha value is -8.91. The summed E-state index contributed by atoms with van der Waals surface area (Å²) in [5, 5.41) is 21.1. The van der Waals surface area contributed by atoms with Gasteiger partial charge in [0, 0.05) is 45.3 Å². The zero-order chi connectivity index (χ0) is 70.1. The quantitative estimate of drug-likeness (QED) is 0.0173. The van der Waals surface area contributed by atoms with Crippen molar-refractivity contribution in [2.75, 3.05) is 44.7 Å². The SMILES string of the molecule is CSCC[C@H](NC(=O)[C@H](CC(C)C)NC(=O)CNC(=O)[C@H](Cc1ccccc1)NC(=O)[C@@H](Cc1ccccc1)NC(=O)[C@H](CCC(N)=O)NC(=O)[C@H](CCC(N)=O)NC(=O)[C@@H]1CCCN1C(=O)[C@H](CCCCN)NC(=O)[C@H]1CCCN1C(=O)[C@@H](N)CCCN=C(N)N)C(N)=O. The van der Waals surface area contributed by atoms with Gasteiger partial charge in [0.1, 0.15) is 54.4 Å². The van der Waals surface area contributed by atoms with E-state index in [0.717, 1.165) is 0 Å². The molecule has 2 aromatic rings. The van der Waals surface area contributed by atoms with Crippen LogP contribution in [0.5, 0.6) is 0 Å². The first-order valence-electron chi connectivity index (χ1n) is 32.2. The largest absolute Gasteiger partial charge is 0.370 e. The van der Waals surface area contributed by atoms with Gasteiger partial charge in [-0.2, -0.15) is 11.8 Å². The number of likely N-dealkylation sites (tertiary alicyclic amines) is 2. The maximum atomic E-state index is 14.7. The first-order valence-corrected chi connectivity index (χ1v) is 33.6. The fourth-order valence-corrected chi connectivity index (χ4v) is 11.5. The molecule has 13 amide bonds. The number of hydrogen-bond acceptors (Lipinski definition) is 17. The van der Waals surface area contributed by atoms with E-state index >= 15 is 0 Å². The Kier molecular flexibility index (Phi) is 33.9. The molecule has 2 aromatic carbocycles. The number of unbranched alkanes of at least 4 members (excludes halogenated alkanes) is 1. The highest BCUT2D eigenvalue weighted by Crippen LogP contribution is 2.24. The van der Waals surface area contributed by atoms with Gasteiger partial charge in [0.25, 0.3) is 0 Å². The monoisotopic (exact) mass is 1350 g/mol. The summed E-state index contributed by atoms with van der Waals surface area (Å²) in [5.41, 5.74) is 40.6. The summed E-state index contributed by atoms with van der Waals surface area (Å²) in [5.74, 6) is -9.80. The molecule has 22 N–H and O–H groups in total. The normalized spacial score (nSPS) is 16.8. The second kappa shape index (κ2) is 41.0. The molecule has 0 unspecified atom stereocenters. The fourth-order valence-electron chi connectivity index (χ4n) is 11.0. The first-order chi connectivity index (χ1) is 45.2. The average molecular weight is 1350 g/mol. The first kappa shape index (κ1) is 78.5. The lowest BCUT2D eigenvalue weighted by Gasteiger charge is -2.32. The van der Waals surface area contributed by atoms with Gasteiger partial charge in [-0.3, -0.25) is 67.3 Å². The predicted octanol–water partition coefficient (Wildman–Crippen LogP) is -3.71. The van der Waals surface area contributed by atoms with Crippen LogP contribution in [-0.2, 0) is 75.2 Å². The molecular weight excluding hydrogens is 1250 g/mol. The van der Waals surface area contributed by atoms with Gasteiger partial charge in [-0.1, -0.05) is 74.5 Å². The zero-order valence-corrected chi connectivity index (χ0v) is 55.3. The number of carbonyl (C=O) groups is 13. The Labute approximate surface area is 558 Å². The van der Waals surface area contributed by atoms with E-state index < -0.39 is 169 Å². The van der Waals surface area contributed by atoms with Crippen LogP contribution in [0.1, 0.15) is 121 Å². The molecule has 2 aliphatic heterocycles. The van der Waals surface area contributed by atoms with E-state index in [4.69, 9.17) is 40.1 Å². The summed E-state index contributed by atoms with van der Waals surface area (Å²) in [6, 6.07) is 4.51. The lowest BCUT2D eigenvalue weighted by molar-refractivity contribution is -0.144. The molecule has 95 heavy (non-hydrogen) atoms. The summed E-state index contributed by atoms with van der Waals surface area (Å²) in [7, 11) is 0. The van der Waals surface area contributed by atoms with Gasteiger partial charge in [-0.25, -0.2) is 0 Å². The lowest BCUT2D eigenvalue weighted by atomic mass is 10.0. The van der Waals surface area contributed by atoms with Crippen LogP contribution in [0.3, 0.4) is 0 Å². The highest BCUT2D eigenvalue weighted by molar-refractivity contribution is 7.98. The Morgan fingerprint density at radius 2 is 1.01 bits per heavy atom. The third-order valence-electron chi connectivity index (χ3n) is 16.0. The molecule has 0 bridgehead atoms. The summed E-state index contributed by atoms with van der Waals surface area (Å²) >= 11 is 1.45. The molecule has 2 saturated heterocycles. The molecule has 0 radical (unpaired) electrons. The number of nitrogens with one attached hydrogen (secondary N) is 8. The number of carbonyl (C=O) groups excluding carboxylic acids is 13. The van der Waals surface area contributed by atoms with E-state index in [1.165, 1.54) is 21.6 Å². The van der Waals surface area contributed by atoms with Crippen molar-refractivity contribution in [3.8, 4) is 0 Å². The van der Waals surface area contributed by atoms with Gasteiger partial charge in [0.15, 0.2) is 5.96 Å². The Balaban J connectivity index is 1.56. The van der Waals surface area contributed by atoms with Crippen molar-refractivity contribution in [2.24, 2.45) is 51.0 Å². The predicted molar refractivity (Wildman–Crippen MR) is 356 cm³/mol. The summed E-state index contributed by atoms with van der Waals surface area (Å²) < 4.78 is 0. The molecule has 2 heterocycles. The minimum atomic E-state index is -1.64. The van der Waals surface area contributed by atoms with Gasteiger partial charge >= 0.3 is 0 Å². The number of guanidine groups is 1. The van der Waals surface area contributed by atoms with Crippen LogP contribution < -0.4 is 82.7 Å². The van der Waals surface area contributed by atoms with E-state index in [0.29, 0.717) is 55.4 Å². The number of primary amides is 3. The number of amides is 13. The number of benzene rings is 2. The average Bonchev–Trinajstić information content (AvgIpc) is 1.74. The molecule has 2 aliphatic rings. The van der Waals surface area contributed by atoms with Gasteiger partial charge in [-0.15, -0.1) is 0 Å². The highest BCUT2D eigenvalue weighted by atomic mass is 32.2. The Morgan fingerprint density at radius 1 is 0.537 bits per heavy atom. The smallest absolute Gasteiger partial charge is 0.245 e. The molecular formula is C63H98N18O13S. The lowest BCUT2D eigenvalue weighted by Crippen LogP contribution is -2.60. The van der Waals surface area contributed by atoms with E-state index in [1.807, 2.05) is 20.1 Å². The summed E-state index contributed by atoms with van der Waals surface area (Å²) in [4.78, 5) is 185. The second-order valence-corrected chi connectivity index (χ2v) is 25.1. The van der Waals surface area contributed by atoms with Crippen LogP contribution in [0.15, 0.2) is 65.7 Å². The second-order valence-electron chi connectivity index (χ2n) is 24.1. The number of aliphatic imine (C=N–C) groups is 1. The summed E-state index contributed by atoms with van der Waals surface area (Å²) in [6.45, 7) is 3.86. The van der Waals surface area contributed by atoms with Crippen LogP contribution in [-0.4, -0.2) is 198 Å². The number of nitrogens with zero attached hydrogens (tertiary/aromatic N) is 3. The third kappa shape index (κ3) is 27.5. The zero-order valence-electron chi connectivity index (χ0n) is 54.5. The maximum absolute atomic E-state index is 14.7. The van der Waals surface area contributed by atoms with Crippen LogP contribution in [0.4, 0.5) is 0 Å². The van der Waals surface area contributed by atoms with Crippen molar-refractivity contribution >= 4 is 94.5 Å². The molecule has 524 valence electrons. The van der Waals surface area contributed by atoms with Gasteiger partial charge in [0.2, 0.25) is 76.8 Å². The number of nitrogens with two attached hydrogens (primary N) is 7. The minimum absolute atomic E-state index is 0.0736. The molecule has 32 heteroatoms. The van der Waals surface area contributed by atoms with Crippen LogP contribution >= 0.6 is 11.8 Å². The third-order valence-corrected chi connectivity index (χ3v) is 16.7. The number of hydrogen-bond donors (Lipinski definition) is 15. The number of rotatable bonds is 42. The van der Waals surface area contributed by atoms with Gasteiger partial charge in [-0.05, 0) is 119 Å². The van der Waals surface area contributed by atoms with Crippen LogP contribution in [0.25, 0.3) is 0 Å². The molecule has 31 nitrogen and oxygen atoms in total. The minimum Gasteiger partial charge on any atom is -0.370 e. The van der Waals surface area contributed by atoms with Crippen molar-refractivity contribution < 1.29 is 62.3 Å². The Bertz CT molecular complexity index is 2960. The molecule has 0 spiro atoms. The van der Waals surface area contributed by atoms with Crippen LogP contribution in [0.2, 0.25) is 0 Å². The van der Waals surface area contributed by atoms with E-state index in [-0.39, 0.29) is 83.0 Å². The standard InChI is InChI=1S/C63H98N18O13S/c1-37(2)33-45(57(89)74-41(53(68)85)27-32-95-3)73-52(84)36-72-54(86)46(34-38-15-6-4-7-16-38)78-58(90)47(35-39-17-8-5-9-18-39)79-56(88)42(23-25-50(66)82)75-55(87)43(24-26-51(67)83)76-59(91)49-22-14-31-81(49)62(94)44(20-10-11-28-64)77-60(92)48-21-13-30-80(48)61(93)40(65)19-12-29-71-63(69)70/h4-9,15-18,37,40-49H,10-14,19-36,64-65H2,1-3H3,(H2,66,82)(H2,67,83)(H2,68,85)(H,72,86)(H,73,84)(H,74,89)(H,75,87)(H,76,91)(H,77,92)(H,78,90)(H,79,88)(H4,69,70,71)/t40-,41-,42-,43-,44-,45-,46-,47+,48+,49-/m0/s1. The van der Waals surface area contributed by atoms with Crippen molar-refractivity contribution in [2.45, 2.75) is 183 Å². The van der Waals surface area contributed by atoms with Crippen molar-refractivity contribution in [3.05, 3.63) is 71.8 Å². The molecule has 0 saturated carbocycles. The van der Waals surface area contributed by atoms with E-state index in [9.17, 15) is 62.3 Å². The molecule has 4 rings (SSSR count). The molecule has 0 aromatic heterocycles. The summed E-state index contributed by atoms with van der Waals surface area (Å²) in [6.07, 6.45) is 3.12. The van der Waals surface area contributed by atoms with Gasteiger partial charge in [0.05, 0.1) is 12.6 Å². The topological polar surface area (TPSA) is 519 Å². The molecule has 2 fully saturated rings. The molecule has 10 atom stereocenters. The van der Waals surface area contributed by atoms with Crippen molar-refractivity contribution in [1.82, 2.24) is 52.3 Å². The number of thioether (sulfide) groups is 1. The van der Waals surface area contributed by atoms with Crippen LogP contribution in [0, 0.1) is 5.92 Å². The maximum Gasteiger partial charge on any atom is 0.245 e. The fraction of sp³-hybridized carbons (Fsp3) is 0.587. The highest BCUT2D eigenvalue weighted by Gasteiger charge is 2.42. The van der Waals surface area contributed by atoms with Crippen molar-refractivity contribution in [3.63, 3.8) is 0 Å². The van der Waals surface area contributed by atoms with Crippen molar-refractivity contribution in [1.29, 1.82) is 0 Å². The molecule has 0 aliphatic carbocycles. The Morgan fingerprint density at radius 3 is 1.51 bits per heavy atom.